The Morgan fingerprint density at radius 3 is 2.70 bits per heavy atom. The molecule has 2 aliphatic rings. The number of nitrogens with one attached hydrogen (secondary N) is 1. The summed E-state index contributed by atoms with van der Waals surface area (Å²) in [5.41, 5.74) is 1.16. The van der Waals surface area contributed by atoms with Crippen molar-refractivity contribution in [3.05, 3.63) is 29.3 Å². The van der Waals surface area contributed by atoms with E-state index in [1.165, 1.54) is 0 Å². The first-order valence-electron chi connectivity index (χ1n) is 7.36. The SMILES string of the molecule is Clc1ccccc1N1CCN(CC2COCCN2)CC1. The standard InChI is InChI=1S/C15H22ClN3O/c16-14-3-1-2-4-15(14)19-8-6-18(7-9-19)11-13-12-20-10-5-17-13/h1-4,13,17H,5-12H2. The molecule has 5 heteroatoms. The number of rotatable bonds is 3. The molecule has 2 aliphatic heterocycles. The Morgan fingerprint density at radius 1 is 1.20 bits per heavy atom. The summed E-state index contributed by atoms with van der Waals surface area (Å²) >= 11 is 6.27. The van der Waals surface area contributed by atoms with Gasteiger partial charge in [0.1, 0.15) is 0 Å². The Labute approximate surface area is 125 Å². The summed E-state index contributed by atoms with van der Waals surface area (Å²) in [5.74, 6) is 0. The van der Waals surface area contributed by atoms with Crippen LogP contribution >= 0.6 is 11.6 Å². The van der Waals surface area contributed by atoms with E-state index in [-0.39, 0.29) is 0 Å². The van der Waals surface area contributed by atoms with E-state index in [0.717, 1.165) is 63.2 Å². The van der Waals surface area contributed by atoms with Crippen LogP contribution < -0.4 is 10.2 Å². The predicted octanol–water partition coefficient (Wildman–Crippen LogP) is 1.45. The Bertz CT molecular complexity index is 429. The second-order valence-corrected chi connectivity index (χ2v) is 5.87. The lowest BCUT2D eigenvalue weighted by atomic mass is 10.2. The predicted molar refractivity (Wildman–Crippen MR) is 82.7 cm³/mol. The second kappa shape index (κ2) is 6.76. The van der Waals surface area contributed by atoms with Crippen LogP contribution in [-0.2, 0) is 4.74 Å². The van der Waals surface area contributed by atoms with Crippen LogP contribution in [0.5, 0.6) is 0 Å². The van der Waals surface area contributed by atoms with Gasteiger partial charge in [-0.3, -0.25) is 4.90 Å². The lowest BCUT2D eigenvalue weighted by Gasteiger charge is -2.38. The van der Waals surface area contributed by atoms with E-state index < -0.39 is 0 Å². The van der Waals surface area contributed by atoms with Crippen molar-refractivity contribution in [1.29, 1.82) is 0 Å². The number of piperazine rings is 1. The molecule has 110 valence electrons. The summed E-state index contributed by atoms with van der Waals surface area (Å²) < 4.78 is 5.51. The lowest BCUT2D eigenvalue weighted by Crippen LogP contribution is -2.53. The fourth-order valence-corrected chi connectivity index (χ4v) is 3.18. The number of benzene rings is 1. The van der Waals surface area contributed by atoms with Crippen molar-refractivity contribution in [2.45, 2.75) is 6.04 Å². The average molecular weight is 296 g/mol. The van der Waals surface area contributed by atoms with Crippen molar-refractivity contribution < 1.29 is 4.74 Å². The van der Waals surface area contributed by atoms with Crippen LogP contribution in [0.1, 0.15) is 0 Å². The number of hydrogen-bond donors (Lipinski definition) is 1. The van der Waals surface area contributed by atoms with Crippen LogP contribution in [-0.4, -0.2) is 63.4 Å². The summed E-state index contributed by atoms with van der Waals surface area (Å²) in [6.45, 7) is 7.99. The van der Waals surface area contributed by atoms with E-state index in [9.17, 15) is 0 Å². The number of nitrogens with zero attached hydrogens (tertiary/aromatic N) is 2. The fourth-order valence-electron chi connectivity index (χ4n) is 2.93. The van der Waals surface area contributed by atoms with Crippen LogP contribution in [0.4, 0.5) is 5.69 Å². The van der Waals surface area contributed by atoms with E-state index in [0.29, 0.717) is 6.04 Å². The molecule has 1 unspecified atom stereocenters. The molecule has 1 atom stereocenters. The summed E-state index contributed by atoms with van der Waals surface area (Å²) in [4.78, 5) is 4.89. The third kappa shape index (κ3) is 3.44. The van der Waals surface area contributed by atoms with Gasteiger partial charge in [-0.2, -0.15) is 0 Å². The monoisotopic (exact) mass is 295 g/mol. The van der Waals surface area contributed by atoms with Crippen LogP contribution in [0.25, 0.3) is 0 Å². The smallest absolute Gasteiger partial charge is 0.0639 e. The molecule has 0 bridgehead atoms. The van der Waals surface area contributed by atoms with Gasteiger partial charge in [0, 0.05) is 45.3 Å². The molecule has 2 heterocycles. The van der Waals surface area contributed by atoms with Gasteiger partial charge >= 0.3 is 0 Å². The quantitative estimate of drug-likeness (QED) is 0.913. The van der Waals surface area contributed by atoms with Gasteiger partial charge in [0.2, 0.25) is 0 Å². The molecule has 0 amide bonds. The highest BCUT2D eigenvalue weighted by molar-refractivity contribution is 6.33. The van der Waals surface area contributed by atoms with Crippen LogP contribution in [0, 0.1) is 0 Å². The Morgan fingerprint density at radius 2 is 2.00 bits per heavy atom. The largest absolute Gasteiger partial charge is 0.378 e. The number of halogens is 1. The molecule has 2 saturated heterocycles. The normalized spacial score (nSPS) is 24.9. The Kier molecular flexibility index (Phi) is 4.78. The first-order valence-corrected chi connectivity index (χ1v) is 7.74. The highest BCUT2D eigenvalue weighted by Gasteiger charge is 2.22. The highest BCUT2D eigenvalue weighted by Crippen LogP contribution is 2.25. The molecule has 1 N–H and O–H groups in total. The Balaban J connectivity index is 1.50. The molecule has 20 heavy (non-hydrogen) atoms. The molecule has 1 aromatic carbocycles. The van der Waals surface area contributed by atoms with Gasteiger partial charge in [0.05, 0.1) is 23.9 Å². The minimum absolute atomic E-state index is 0.482. The first-order chi connectivity index (χ1) is 9.83. The van der Waals surface area contributed by atoms with Gasteiger partial charge in [-0.25, -0.2) is 0 Å². The topological polar surface area (TPSA) is 27.7 Å². The first kappa shape index (κ1) is 14.1. The van der Waals surface area contributed by atoms with Crippen LogP contribution in [0.15, 0.2) is 24.3 Å². The summed E-state index contributed by atoms with van der Waals surface area (Å²) in [6, 6.07) is 8.59. The molecule has 3 rings (SSSR count). The van der Waals surface area contributed by atoms with Crippen molar-refractivity contribution in [2.24, 2.45) is 0 Å². The summed E-state index contributed by atoms with van der Waals surface area (Å²) in [5, 5.41) is 4.37. The van der Waals surface area contributed by atoms with Crippen molar-refractivity contribution in [2.75, 3.05) is 57.4 Å². The Hall–Kier alpha value is -0.810. The molecule has 1 aromatic rings. The van der Waals surface area contributed by atoms with E-state index in [1.54, 1.807) is 0 Å². The molecule has 0 saturated carbocycles. The van der Waals surface area contributed by atoms with Crippen LogP contribution in [0.2, 0.25) is 5.02 Å². The molecule has 4 nitrogen and oxygen atoms in total. The van der Waals surface area contributed by atoms with Crippen molar-refractivity contribution in [1.82, 2.24) is 10.2 Å². The van der Waals surface area contributed by atoms with E-state index in [2.05, 4.69) is 27.2 Å². The van der Waals surface area contributed by atoms with Crippen molar-refractivity contribution in [3.63, 3.8) is 0 Å². The van der Waals surface area contributed by atoms with Gasteiger partial charge in [-0.15, -0.1) is 0 Å². The molecule has 2 fully saturated rings. The van der Waals surface area contributed by atoms with Crippen LogP contribution in [0.3, 0.4) is 0 Å². The van der Waals surface area contributed by atoms with E-state index >= 15 is 0 Å². The highest BCUT2D eigenvalue weighted by atomic mass is 35.5. The molecular weight excluding hydrogens is 274 g/mol. The maximum atomic E-state index is 6.27. The van der Waals surface area contributed by atoms with Gasteiger partial charge in [-0.05, 0) is 12.1 Å². The third-order valence-electron chi connectivity index (χ3n) is 4.04. The fraction of sp³-hybridized carbons (Fsp3) is 0.600. The average Bonchev–Trinajstić information content (AvgIpc) is 2.50. The van der Waals surface area contributed by atoms with Gasteiger partial charge in [0.15, 0.2) is 0 Å². The van der Waals surface area contributed by atoms with E-state index in [4.69, 9.17) is 16.3 Å². The van der Waals surface area contributed by atoms with Gasteiger partial charge in [0.25, 0.3) is 0 Å². The summed E-state index contributed by atoms with van der Waals surface area (Å²) in [7, 11) is 0. The number of morpholine rings is 1. The lowest BCUT2D eigenvalue weighted by molar-refractivity contribution is 0.0610. The number of hydrogen-bond acceptors (Lipinski definition) is 4. The number of para-hydroxylation sites is 1. The van der Waals surface area contributed by atoms with Gasteiger partial charge < -0.3 is 15.0 Å². The zero-order valence-electron chi connectivity index (χ0n) is 11.7. The zero-order chi connectivity index (χ0) is 13.8. The molecule has 0 aliphatic carbocycles. The minimum Gasteiger partial charge on any atom is -0.378 e. The molecular formula is C15H22ClN3O. The number of ether oxygens (including phenoxy) is 1. The molecule has 0 aromatic heterocycles. The number of anilines is 1. The van der Waals surface area contributed by atoms with Crippen molar-refractivity contribution in [3.8, 4) is 0 Å². The van der Waals surface area contributed by atoms with E-state index in [1.807, 2.05) is 12.1 Å². The maximum Gasteiger partial charge on any atom is 0.0639 e. The maximum absolute atomic E-state index is 6.27. The van der Waals surface area contributed by atoms with Gasteiger partial charge in [-0.1, -0.05) is 23.7 Å². The van der Waals surface area contributed by atoms with Crippen molar-refractivity contribution >= 4 is 17.3 Å². The second-order valence-electron chi connectivity index (χ2n) is 5.47. The summed E-state index contributed by atoms with van der Waals surface area (Å²) in [6.07, 6.45) is 0. The zero-order valence-corrected chi connectivity index (χ0v) is 12.5. The molecule has 0 spiro atoms. The minimum atomic E-state index is 0.482. The third-order valence-corrected chi connectivity index (χ3v) is 4.36. The molecule has 0 radical (unpaired) electrons.